The fourth-order valence-corrected chi connectivity index (χ4v) is 2.59. The van der Waals surface area contributed by atoms with E-state index in [1.807, 2.05) is 0 Å². The highest BCUT2D eigenvalue weighted by atomic mass is 32.2. The van der Waals surface area contributed by atoms with Gasteiger partial charge in [-0.25, -0.2) is 13.1 Å². The molecule has 0 bridgehead atoms. The number of carbonyl (C=O) groups excluding carboxylic acids is 1. The molecule has 0 radical (unpaired) electrons. The van der Waals surface area contributed by atoms with Crippen molar-refractivity contribution in [2.45, 2.75) is 26.3 Å². The van der Waals surface area contributed by atoms with Crippen molar-refractivity contribution >= 4 is 15.9 Å². The van der Waals surface area contributed by atoms with Crippen LogP contribution in [0.25, 0.3) is 0 Å². The lowest BCUT2D eigenvalue weighted by Crippen LogP contribution is -2.51. The summed E-state index contributed by atoms with van der Waals surface area (Å²) in [6, 6.07) is 0. The first-order valence-electron chi connectivity index (χ1n) is 5.38. The van der Waals surface area contributed by atoms with E-state index in [1.165, 1.54) is 6.20 Å². The quantitative estimate of drug-likeness (QED) is 0.690. The Morgan fingerprint density at radius 2 is 2.11 bits per heavy atom. The first-order valence-corrected chi connectivity index (χ1v) is 7.27. The molecule has 1 rings (SSSR count). The van der Waals surface area contributed by atoms with Crippen LogP contribution < -0.4 is 10.0 Å². The van der Waals surface area contributed by atoms with Crippen LogP contribution in [0, 0.1) is 6.92 Å². The third-order valence-corrected chi connectivity index (χ3v) is 3.15. The monoisotopic (exact) mass is 274 g/mol. The van der Waals surface area contributed by atoms with Gasteiger partial charge in [-0.2, -0.15) is 5.10 Å². The molecule has 0 saturated carbocycles. The number of carbonyl (C=O) groups is 1. The third-order valence-electron chi connectivity index (χ3n) is 2.23. The van der Waals surface area contributed by atoms with Crippen LogP contribution in [0.4, 0.5) is 0 Å². The van der Waals surface area contributed by atoms with E-state index in [0.29, 0.717) is 11.3 Å². The lowest BCUT2D eigenvalue weighted by Gasteiger charge is -2.25. The van der Waals surface area contributed by atoms with E-state index in [9.17, 15) is 13.2 Å². The van der Waals surface area contributed by atoms with Crippen molar-refractivity contribution in [2.75, 3.05) is 12.8 Å². The van der Waals surface area contributed by atoms with Crippen molar-refractivity contribution in [3.8, 4) is 0 Å². The molecule has 0 saturated heterocycles. The van der Waals surface area contributed by atoms with E-state index in [4.69, 9.17) is 0 Å². The number of sulfonamides is 1. The number of hydrogen-bond acceptors (Lipinski definition) is 4. The normalized spacial score (nSPS) is 12.4. The molecule has 0 fully saturated rings. The topological polar surface area (TPSA) is 104 Å². The lowest BCUT2D eigenvalue weighted by molar-refractivity contribution is 0.0944. The smallest absolute Gasteiger partial charge is 0.254 e. The minimum Gasteiger partial charge on any atom is -0.350 e. The predicted octanol–water partition coefficient (Wildman–Crippen LogP) is -0.224. The Morgan fingerprint density at radius 3 is 2.56 bits per heavy atom. The van der Waals surface area contributed by atoms with Gasteiger partial charge < -0.3 is 5.32 Å². The highest BCUT2D eigenvalue weighted by molar-refractivity contribution is 7.88. The number of H-pyrrole nitrogens is 1. The molecule has 0 aromatic carbocycles. The van der Waals surface area contributed by atoms with Gasteiger partial charge in [-0.15, -0.1) is 0 Å². The summed E-state index contributed by atoms with van der Waals surface area (Å²) in [5, 5.41) is 9.07. The first-order chi connectivity index (χ1) is 8.11. The number of amides is 1. The van der Waals surface area contributed by atoms with E-state index in [0.717, 1.165) is 6.26 Å². The first kappa shape index (κ1) is 14.7. The highest BCUT2D eigenvalue weighted by Crippen LogP contribution is 2.05. The summed E-state index contributed by atoms with van der Waals surface area (Å²) in [4.78, 5) is 11.8. The Bertz CT molecular complexity index is 533. The number of hydrogen-bond donors (Lipinski definition) is 3. The average molecular weight is 274 g/mol. The van der Waals surface area contributed by atoms with E-state index < -0.39 is 15.6 Å². The number of nitrogens with one attached hydrogen (secondary N) is 3. The molecule has 3 N–H and O–H groups in total. The van der Waals surface area contributed by atoms with E-state index >= 15 is 0 Å². The number of aryl methyl sites for hydroxylation is 1. The van der Waals surface area contributed by atoms with Gasteiger partial charge in [0.2, 0.25) is 10.0 Å². The summed E-state index contributed by atoms with van der Waals surface area (Å²) in [6.45, 7) is 5.30. The second-order valence-corrected chi connectivity index (χ2v) is 6.60. The molecule has 7 nitrogen and oxygen atoms in total. The molecular formula is C10H18N4O3S. The number of aromatic nitrogens is 2. The van der Waals surface area contributed by atoms with Crippen LogP contribution in [-0.4, -0.2) is 42.9 Å². The van der Waals surface area contributed by atoms with Crippen LogP contribution in [0.5, 0.6) is 0 Å². The van der Waals surface area contributed by atoms with Crippen molar-refractivity contribution in [3.05, 3.63) is 17.5 Å². The standard InChI is InChI=1S/C10H18N4O3S/c1-7-8(5-12-13-7)9(15)11-6-10(2,3)14-18(4,16)17/h5,14H,6H2,1-4H3,(H,11,15)(H,12,13). The van der Waals surface area contributed by atoms with Crippen molar-refractivity contribution < 1.29 is 13.2 Å². The minimum atomic E-state index is -3.31. The van der Waals surface area contributed by atoms with Gasteiger partial charge in [0.15, 0.2) is 0 Å². The van der Waals surface area contributed by atoms with Gasteiger partial charge in [0.05, 0.1) is 18.0 Å². The Labute approximate surface area is 106 Å². The van der Waals surface area contributed by atoms with Crippen LogP contribution in [0.2, 0.25) is 0 Å². The maximum absolute atomic E-state index is 11.8. The molecular weight excluding hydrogens is 256 g/mol. The van der Waals surface area contributed by atoms with Gasteiger partial charge in [-0.1, -0.05) is 0 Å². The molecule has 102 valence electrons. The Balaban J connectivity index is 2.61. The Morgan fingerprint density at radius 1 is 1.50 bits per heavy atom. The fourth-order valence-electron chi connectivity index (χ4n) is 1.51. The molecule has 1 amide bonds. The molecule has 1 aromatic heterocycles. The van der Waals surface area contributed by atoms with Crippen LogP contribution in [0.1, 0.15) is 29.9 Å². The third kappa shape index (κ3) is 4.46. The zero-order valence-electron chi connectivity index (χ0n) is 10.9. The van der Waals surface area contributed by atoms with Gasteiger partial charge in [-0.3, -0.25) is 9.89 Å². The number of rotatable bonds is 5. The average Bonchev–Trinajstić information content (AvgIpc) is 2.57. The van der Waals surface area contributed by atoms with Gasteiger partial charge >= 0.3 is 0 Å². The van der Waals surface area contributed by atoms with Crippen LogP contribution in [-0.2, 0) is 10.0 Å². The largest absolute Gasteiger partial charge is 0.350 e. The van der Waals surface area contributed by atoms with Crippen LogP contribution in [0.3, 0.4) is 0 Å². The van der Waals surface area contributed by atoms with Gasteiger partial charge in [0, 0.05) is 17.8 Å². The second kappa shape index (κ2) is 5.07. The molecule has 1 aromatic rings. The molecule has 0 atom stereocenters. The van der Waals surface area contributed by atoms with E-state index in [-0.39, 0.29) is 12.5 Å². The number of nitrogens with zero attached hydrogens (tertiary/aromatic N) is 1. The van der Waals surface area contributed by atoms with Gasteiger partial charge in [0.1, 0.15) is 0 Å². The molecule has 0 aliphatic carbocycles. The van der Waals surface area contributed by atoms with E-state index in [1.54, 1.807) is 20.8 Å². The molecule has 0 spiro atoms. The summed E-state index contributed by atoms with van der Waals surface area (Å²) in [5.74, 6) is -0.287. The molecule has 0 aliphatic rings. The Kier molecular flexibility index (Phi) is 4.12. The fraction of sp³-hybridized carbons (Fsp3) is 0.600. The summed E-state index contributed by atoms with van der Waals surface area (Å²) >= 11 is 0. The van der Waals surface area contributed by atoms with Crippen molar-refractivity contribution in [2.24, 2.45) is 0 Å². The van der Waals surface area contributed by atoms with E-state index in [2.05, 4.69) is 20.2 Å². The lowest BCUT2D eigenvalue weighted by atomic mass is 10.1. The SMILES string of the molecule is Cc1[nH]ncc1C(=O)NCC(C)(C)NS(C)(=O)=O. The molecule has 8 heteroatoms. The molecule has 18 heavy (non-hydrogen) atoms. The molecule has 1 heterocycles. The molecule has 0 aliphatic heterocycles. The highest BCUT2D eigenvalue weighted by Gasteiger charge is 2.23. The summed E-state index contributed by atoms with van der Waals surface area (Å²) in [5.41, 5.74) is 0.368. The Hall–Kier alpha value is -1.41. The van der Waals surface area contributed by atoms with Crippen molar-refractivity contribution in [1.29, 1.82) is 0 Å². The van der Waals surface area contributed by atoms with Gasteiger partial charge in [0.25, 0.3) is 5.91 Å². The predicted molar refractivity (Wildman–Crippen MR) is 67.7 cm³/mol. The van der Waals surface area contributed by atoms with Crippen molar-refractivity contribution in [1.82, 2.24) is 20.2 Å². The van der Waals surface area contributed by atoms with Crippen LogP contribution >= 0.6 is 0 Å². The maximum atomic E-state index is 11.8. The zero-order chi connectivity index (χ0) is 14.0. The summed E-state index contributed by atoms with van der Waals surface area (Å²) in [7, 11) is -3.31. The summed E-state index contributed by atoms with van der Waals surface area (Å²) < 4.78 is 24.7. The van der Waals surface area contributed by atoms with Gasteiger partial charge in [-0.05, 0) is 20.8 Å². The zero-order valence-corrected chi connectivity index (χ0v) is 11.7. The van der Waals surface area contributed by atoms with Crippen LogP contribution in [0.15, 0.2) is 6.20 Å². The minimum absolute atomic E-state index is 0.184. The summed E-state index contributed by atoms with van der Waals surface area (Å²) in [6.07, 6.45) is 2.51. The maximum Gasteiger partial charge on any atom is 0.254 e. The molecule has 0 unspecified atom stereocenters. The number of aromatic amines is 1. The van der Waals surface area contributed by atoms with Crippen molar-refractivity contribution in [3.63, 3.8) is 0 Å². The second-order valence-electron chi connectivity index (χ2n) is 4.85.